The molecule has 1 aromatic heterocycles. The van der Waals surface area contributed by atoms with Crippen LogP contribution in [0.2, 0.25) is 0 Å². The van der Waals surface area contributed by atoms with Gasteiger partial charge in [0.05, 0.1) is 0 Å². The quantitative estimate of drug-likeness (QED) is 0.612. The van der Waals surface area contributed by atoms with Crippen molar-refractivity contribution in [2.45, 2.75) is 31.8 Å². The largest absolute Gasteiger partial charge is 0.446 e. The van der Waals surface area contributed by atoms with E-state index < -0.39 is 11.6 Å². The average Bonchev–Trinajstić information content (AvgIpc) is 3.03. The van der Waals surface area contributed by atoms with Crippen molar-refractivity contribution in [3.63, 3.8) is 0 Å². The van der Waals surface area contributed by atoms with Gasteiger partial charge in [-0.15, -0.1) is 0 Å². The Balaban J connectivity index is 2.19. The highest BCUT2D eigenvalue weighted by Gasteiger charge is 2.43. The molecule has 114 valence electrons. The molecule has 1 aliphatic rings. The number of benzene rings is 1. The lowest BCUT2D eigenvalue weighted by molar-refractivity contribution is -0.153. The Morgan fingerprint density at radius 1 is 1.41 bits per heavy atom. The number of hydrogen-bond acceptors (Lipinski definition) is 3. The SMILES string of the molecule is C=C(C)C(=O)OC1(c2ccsc2)CCCc2c(F)cccc21. The van der Waals surface area contributed by atoms with Gasteiger partial charge in [0.1, 0.15) is 5.82 Å². The molecular formula is C18H17FO2S. The van der Waals surface area contributed by atoms with E-state index in [1.807, 2.05) is 22.9 Å². The molecule has 1 unspecified atom stereocenters. The van der Waals surface area contributed by atoms with Crippen LogP contribution in [0.3, 0.4) is 0 Å². The smallest absolute Gasteiger partial charge is 0.334 e. The van der Waals surface area contributed by atoms with Gasteiger partial charge in [-0.3, -0.25) is 0 Å². The van der Waals surface area contributed by atoms with Crippen LogP contribution in [0, 0.1) is 5.82 Å². The summed E-state index contributed by atoms with van der Waals surface area (Å²) in [6.45, 7) is 5.28. The maximum absolute atomic E-state index is 14.2. The van der Waals surface area contributed by atoms with E-state index in [9.17, 15) is 9.18 Å². The standard InChI is InChI=1S/C18H17FO2S/c1-12(2)17(20)21-18(13-8-10-22-11-13)9-4-5-14-15(18)6-3-7-16(14)19/h3,6-8,10-11H,1,4-5,9H2,2H3. The molecular weight excluding hydrogens is 299 g/mol. The van der Waals surface area contributed by atoms with Crippen LogP contribution in [-0.2, 0) is 21.6 Å². The highest BCUT2D eigenvalue weighted by molar-refractivity contribution is 7.08. The lowest BCUT2D eigenvalue weighted by atomic mass is 9.75. The Morgan fingerprint density at radius 2 is 2.23 bits per heavy atom. The Morgan fingerprint density at radius 3 is 2.91 bits per heavy atom. The van der Waals surface area contributed by atoms with Crippen LogP contribution in [0.15, 0.2) is 47.2 Å². The number of halogens is 1. The van der Waals surface area contributed by atoms with Crippen LogP contribution < -0.4 is 0 Å². The molecule has 1 aliphatic carbocycles. The predicted octanol–water partition coefficient (Wildman–Crippen LogP) is 4.59. The van der Waals surface area contributed by atoms with Gasteiger partial charge in [0, 0.05) is 16.7 Å². The van der Waals surface area contributed by atoms with Gasteiger partial charge in [0.15, 0.2) is 5.60 Å². The second-order valence-corrected chi connectivity index (χ2v) is 6.41. The van der Waals surface area contributed by atoms with E-state index in [1.54, 1.807) is 13.0 Å². The number of rotatable bonds is 3. The van der Waals surface area contributed by atoms with Gasteiger partial charge < -0.3 is 4.74 Å². The monoisotopic (exact) mass is 316 g/mol. The number of thiophene rings is 1. The minimum absolute atomic E-state index is 0.233. The number of fused-ring (bicyclic) bond motifs is 1. The third-order valence-corrected chi connectivity index (χ3v) is 4.80. The first kappa shape index (κ1) is 15.0. The zero-order valence-electron chi connectivity index (χ0n) is 12.4. The van der Waals surface area contributed by atoms with Crippen LogP contribution in [0.4, 0.5) is 4.39 Å². The molecule has 3 rings (SSSR count). The van der Waals surface area contributed by atoms with E-state index in [0.717, 1.165) is 17.5 Å². The number of esters is 1. The van der Waals surface area contributed by atoms with Gasteiger partial charge in [-0.2, -0.15) is 11.3 Å². The third-order valence-electron chi connectivity index (χ3n) is 4.11. The van der Waals surface area contributed by atoms with Gasteiger partial charge >= 0.3 is 5.97 Å². The first-order valence-electron chi connectivity index (χ1n) is 7.24. The molecule has 1 atom stereocenters. The molecule has 0 radical (unpaired) electrons. The molecule has 2 nitrogen and oxygen atoms in total. The van der Waals surface area contributed by atoms with Crippen molar-refractivity contribution in [3.05, 3.63) is 69.7 Å². The van der Waals surface area contributed by atoms with Crippen molar-refractivity contribution < 1.29 is 13.9 Å². The van der Waals surface area contributed by atoms with E-state index in [1.165, 1.54) is 17.4 Å². The van der Waals surface area contributed by atoms with Crippen LogP contribution in [-0.4, -0.2) is 5.97 Å². The highest BCUT2D eigenvalue weighted by Crippen LogP contribution is 2.45. The van der Waals surface area contributed by atoms with Crippen molar-refractivity contribution in [3.8, 4) is 0 Å². The molecule has 0 aliphatic heterocycles. The second kappa shape index (κ2) is 5.69. The Kier molecular flexibility index (Phi) is 3.87. The zero-order chi connectivity index (χ0) is 15.7. The summed E-state index contributed by atoms with van der Waals surface area (Å²) in [5, 5.41) is 3.91. The summed E-state index contributed by atoms with van der Waals surface area (Å²) in [7, 11) is 0. The molecule has 0 fully saturated rings. The summed E-state index contributed by atoms with van der Waals surface area (Å²) in [5.74, 6) is -0.675. The fraction of sp³-hybridized carbons (Fsp3) is 0.278. The minimum Gasteiger partial charge on any atom is -0.446 e. The lowest BCUT2D eigenvalue weighted by Crippen LogP contribution is -2.37. The number of carbonyl (C=O) groups is 1. The van der Waals surface area contributed by atoms with Crippen LogP contribution >= 0.6 is 11.3 Å². The van der Waals surface area contributed by atoms with Crippen molar-refractivity contribution in [1.82, 2.24) is 0 Å². The summed E-state index contributed by atoms with van der Waals surface area (Å²) >= 11 is 1.54. The molecule has 4 heteroatoms. The summed E-state index contributed by atoms with van der Waals surface area (Å²) in [5.41, 5.74) is 1.74. The predicted molar refractivity (Wildman–Crippen MR) is 85.3 cm³/mol. The Bertz CT molecular complexity index is 721. The first-order valence-corrected chi connectivity index (χ1v) is 8.18. The van der Waals surface area contributed by atoms with Gasteiger partial charge in [-0.25, -0.2) is 9.18 Å². The zero-order valence-corrected chi connectivity index (χ0v) is 13.2. The minimum atomic E-state index is -0.911. The fourth-order valence-corrected chi connectivity index (χ4v) is 3.76. The fourth-order valence-electron chi connectivity index (χ4n) is 3.04. The molecule has 0 N–H and O–H groups in total. The van der Waals surface area contributed by atoms with Gasteiger partial charge in [-0.05, 0) is 54.6 Å². The first-order chi connectivity index (χ1) is 10.5. The molecule has 0 saturated heterocycles. The maximum atomic E-state index is 14.2. The van der Waals surface area contributed by atoms with Gasteiger partial charge in [0.2, 0.25) is 0 Å². The van der Waals surface area contributed by atoms with Crippen LogP contribution in [0.1, 0.15) is 36.5 Å². The summed E-state index contributed by atoms with van der Waals surface area (Å²) in [6.07, 6.45) is 2.09. The van der Waals surface area contributed by atoms with E-state index in [0.29, 0.717) is 24.0 Å². The van der Waals surface area contributed by atoms with Gasteiger partial charge in [0.25, 0.3) is 0 Å². The molecule has 2 aromatic rings. The van der Waals surface area contributed by atoms with Crippen molar-refractivity contribution >= 4 is 17.3 Å². The Labute approximate surface area is 133 Å². The summed E-state index contributed by atoms with van der Waals surface area (Å²) in [4.78, 5) is 12.2. The Hall–Kier alpha value is -1.94. The molecule has 0 bridgehead atoms. The van der Waals surface area contributed by atoms with Crippen LogP contribution in [0.5, 0.6) is 0 Å². The average molecular weight is 316 g/mol. The molecule has 1 aromatic carbocycles. The van der Waals surface area contributed by atoms with E-state index in [4.69, 9.17) is 4.74 Å². The summed E-state index contributed by atoms with van der Waals surface area (Å²) in [6, 6.07) is 6.94. The van der Waals surface area contributed by atoms with E-state index in [2.05, 4.69) is 6.58 Å². The summed E-state index contributed by atoms with van der Waals surface area (Å²) < 4.78 is 20.1. The molecule has 22 heavy (non-hydrogen) atoms. The number of ether oxygens (including phenoxy) is 1. The number of carbonyl (C=O) groups excluding carboxylic acids is 1. The molecule has 0 saturated carbocycles. The second-order valence-electron chi connectivity index (χ2n) is 5.63. The highest BCUT2D eigenvalue weighted by atomic mass is 32.1. The molecule has 1 heterocycles. The van der Waals surface area contributed by atoms with Crippen molar-refractivity contribution in [2.75, 3.05) is 0 Å². The lowest BCUT2D eigenvalue weighted by Gasteiger charge is -2.38. The van der Waals surface area contributed by atoms with Gasteiger partial charge in [-0.1, -0.05) is 18.7 Å². The van der Waals surface area contributed by atoms with E-state index in [-0.39, 0.29) is 5.82 Å². The number of hydrogen-bond donors (Lipinski definition) is 0. The molecule has 0 spiro atoms. The van der Waals surface area contributed by atoms with Crippen molar-refractivity contribution in [2.24, 2.45) is 0 Å². The maximum Gasteiger partial charge on any atom is 0.334 e. The van der Waals surface area contributed by atoms with Crippen molar-refractivity contribution in [1.29, 1.82) is 0 Å². The normalized spacial score (nSPS) is 20.3. The molecule has 0 amide bonds. The third kappa shape index (κ3) is 2.37. The van der Waals surface area contributed by atoms with Crippen LogP contribution in [0.25, 0.3) is 0 Å². The van der Waals surface area contributed by atoms with E-state index >= 15 is 0 Å². The topological polar surface area (TPSA) is 26.3 Å².